The van der Waals surface area contributed by atoms with Crippen molar-refractivity contribution in [3.63, 3.8) is 0 Å². The van der Waals surface area contributed by atoms with Gasteiger partial charge in [0, 0.05) is 10.0 Å². The highest BCUT2D eigenvalue weighted by atomic mass is 79.9. The fraction of sp³-hybridized carbons (Fsp3) is 0. The summed E-state index contributed by atoms with van der Waals surface area (Å²) in [6.07, 6.45) is 1.45. The molecule has 0 aromatic heterocycles. The fourth-order valence-electron chi connectivity index (χ4n) is 2.23. The highest BCUT2D eigenvalue weighted by Gasteiger charge is 2.15. The van der Waals surface area contributed by atoms with E-state index in [-0.39, 0.29) is 16.6 Å². The molecule has 0 aliphatic heterocycles. The minimum Gasteiger partial charge on any atom is -0.379 e. The summed E-state index contributed by atoms with van der Waals surface area (Å²) in [4.78, 5) is 12.1. The van der Waals surface area contributed by atoms with Crippen LogP contribution in [0.3, 0.4) is 0 Å². The van der Waals surface area contributed by atoms with Crippen LogP contribution >= 0.6 is 15.9 Å². The molecule has 8 heteroatoms. The van der Waals surface area contributed by atoms with E-state index in [1.165, 1.54) is 30.5 Å². The van der Waals surface area contributed by atoms with Crippen molar-refractivity contribution >= 4 is 38.2 Å². The molecule has 142 valence electrons. The molecule has 3 aromatic carbocycles. The second-order valence-electron chi connectivity index (χ2n) is 5.63. The SMILES string of the molecule is O=C(NN=Cc1ccc(OS(=O)(=O)c2ccccc2)cc1)c1cccc(Br)c1. The lowest BCUT2D eigenvalue weighted by molar-refractivity contribution is 0.0955. The highest BCUT2D eigenvalue weighted by molar-refractivity contribution is 9.10. The van der Waals surface area contributed by atoms with E-state index >= 15 is 0 Å². The number of amides is 1. The minimum atomic E-state index is -3.88. The van der Waals surface area contributed by atoms with E-state index in [0.717, 1.165) is 4.47 Å². The van der Waals surface area contributed by atoms with E-state index in [4.69, 9.17) is 4.18 Å². The van der Waals surface area contributed by atoms with E-state index in [1.807, 2.05) is 6.07 Å². The Morgan fingerprint density at radius 1 is 0.964 bits per heavy atom. The van der Waals surface area contributed by atoms with Gasteiger partial charge in [0.15, 0.2) is 0 Å². The van der Waals surface area contributed by atoms with Gasteiger partial charge in [-0.2, -0.15) is 13.5 Å². The molecule has 0 aliphatic carbocycles. The van der Waals surface area contributed by atoms with Gasteiger partial charge < -0.3 is 4.18 Å². The van der Waals surface area contributed by atoms with Crippen LogP contribution in [0.1, 0.15) is 15.9 Å². The smallest absolute Gasteiger partial charge is 0.339 e. The average Bonchev–Trinajstić information content (AvgIpc) is 2.70. The maximum atomic E-state index is 12.2. The van der Waals surface area contributed by atoms with E-state index in [2.05, 4.69) is 26.5 Å². The Balaban J connectivity index is 1.61. The van der Waals surface area contributed by atoms with Gasteiger partial charge in [-0.05, 0) is 60.2 Å². The van der Waals surface area contributed by atoms with Crippen molar-refractivity contribution in [1.82, 2.24) is 5.43 Å². The van der Waals surface area contributed by atoms with Gasteiger partial charge in [-0.25, -0.2) is 5.43 Å². The van der Waals surface area contributed by atoms with Crippen molar-refractivity contribution in [3.05, 3.63) is 94.5 Å². The second kappa shape index (κ2) is 8.81. The van der Waals surface area contributed by atoms with Crippen molar-refractivity contribution in [1.29, 1.82) is 0 Å². The number of benzene rings is 3. The summed E-state index contributed by atoms with van der Waals surface area (Å²) in [5.41, 5.74) is 3.57. The summed E-state index contributed by atoms with van der Waals surface area (Å²) < 4.78 is 30.3. The Bertz CT molecular complexity index is 1100. The number of hydrogen-bond acceptors (Lipinski definition) is 5. The van der Waals surface area contributed by atoms with E-state index < -0.39 is 10.1 Å². The van der Waals surface area contributed by atoms with Gasteiger partial charge in [0.05, 0.1) is 6.21 Å². The highest BCUT2D eigenvalue weighted by Crippen LogP contribution is 2.18. The molecule has 0 fully saturated rings. The lowest BCUT2D eigenvalue weighted by Gasteiger charge is -2.07. The molecule has 0 atom stereocenters. The van der Waals surface area contributed by atoms with Crippen LogP contribution in [0.5, 0.6) is 5.75 Å². The third kappa shape index (κ3) is 5.28. The summed E-state index contributed by atoms with van der Waals surface area (Å²) in [6.45, 7) is 0. The quantitative estimate of drug-likeness (QED) is 0.343. The molecule has 0 saturated carbocycles. The van der Waals surface area contributed by atoms with Crippen LogP contribution < -0.4 is 9.61 Å². The first kappa shape index (κ1) is 19.8. The molecule has 0 unspecified atom stereocenters. The zero-order valence-corrected chi connectivity index (χ0v) is 16.9. The molecule has 3 rings (SSSR count). The first-order valence-electron chi connectivity index (χ1n) is 8.13. The van der Waals surface area contributed by atoms with Crippen molar-refractivity contribution in [3.8, 4) is 5.75 Å². The van der Waals surface area contributed by atoms with Crippen LogP contribution in [-0.4, -0.2) is 20.5 Å². The Morgan fingerprint density at radius 3 is 2.36 bits per heavy atom. The maximum Gasteiger partial charge on any atom is 0.339 e. The van der Waals surface area contributed by atoms with E-state index in [0.29, 0.717) is 11.1 Å². The van der Waals surface area contributed by atoms with Gasteiger partial charge in [-0.1, -0.05) is 40.2 Å². The third-order valence-corrected chi connectivity index (χ3v) is 5.34. The second-order valence-corrected chi connectivity index (χ2v) is 8.09. The van der Waals surface area contributed by atoms with E-state index in [9.17, 15) is 13.2 Å². The van der Waals surface area contributed by atoms with Gasteiger partial charge >= 0.3 is 10.1 Å². The average molecular weight is 459 g/mol. The molecule has 0 heterocycles. The normalized spacial score (nSPS) is 11.3. The monoisotopic (exact) mass is 458 g/mol. The van der Waals surface area contributed by atoms with Crippen molar-refractivity contribution < 1.29 is 17.4 Å². The molecule has 6 nitrogen and oxygen atoms in total. The summed E-state index contributed by atoms with van der Waals surface area (Å²) >= 11 is 3.30. The number of carbonyl (C=O) groups excluding carboxylic acids is 1. The number of nitrogens with zero attached hydrogens (tertiary/aromatic N) is 1. The molecule has 0 aliphatic rings. The first-order chi connectivity index (χ1) is 13.4. The van der Waals surface area contributed by atoms with Crippen LogP contribution in [-0.2, 0) is 10.1 Å². The van der Waals surface area contributed by atoms with Crippen LogP contribution in [0.4, 0.5) is 0 Å². The molecular formula is C20H15BrN2O4S. The summed E-state index contributed by atoms with van der Waals surface area (Å²) in [5, 5.41) is 3.90. The number of hydrazone groups is 1. The Morgan fingerprint density at radius 2 is 1.68 bits per heavy atom. The third-order valence-electron chi connectivity index (χ3n) is 3.58. The molecule has 1 amide bonds. The van der Waals surface area contributed by atoms with Gasteiger partial charge in [-0.15, -0.1) is 0 Å². The van der Waals surface area contributed by atoms with Gasteiger partial charge in [-0.3, -0.25) is 4.79 Å². The Kier molecular flexibility index (Phi) is 6.23. The summed E-state index contributed by atoms with van der Waals surface area (Å²) in [5.74, 6) is -0.161. The van der Waals surface area contributed by atoms with Gasteiger partial charge in [0.2, 0.25) is 0 Å². The van der Waals surface area contributed by atoms with Gasteiger partial charge in [0.25, 0.3) is 5.91 Å². The summed E-state index contributed by atoms with van der Waals surface area (Å²) in [6, 6.07) is 21.1. The molecule has 3 aromatic rings. The predicted molar refractivity (Wildman–Crippen MR) is 110 cm³/mol. The van der Waals surface area contributed by atoms with Crippen molar-refractivity contribution in [2.24, 2.45) is 5.10 Å². The van der Waals surface area contributed by atoms with E-state index in [1.54, 1.807) is 48.5 Å². The molecule has 0 spiro atoms. The zero-order valence-electron chi connectivity index (χ0n) is 14.4. The fourth-order valence-corrected chi connectivity index (χ4v) is 3.58. The Hall–Kier alpha value is -2.97. The lowest BCUT2D eigenvalue weighted by atomic mass is 10.2. The van der Waals surface area contributed by atoms with Crippen LogP contribution in [0.15, 0.2) is 93.3 Å². The topological polar surface area (TPSA) is 84.8 Å². The Labute approximate surface area is 171 Å². The van der Waals surface area contributed by atoms with Gasteiger partial charge in [0.1, 0.15) is 10.6 Å². The van der Waals surface area contributed by atoms with Crippen LogP contribution in [0.25, 0.3) is 0 Å². The minimum absolute atomic E-state index is 0.0795. The van der Waals surface area contributed by atoms with Crippen molar-refractivity contribution in [2.75, 3.05) is 0 Å². The van der Waals surface area contributed by atoms with Crippen LogP contribution in [0, 0.1) is 0 Å². The zero-order chi connectivity index (χ0) is 20.0. The molecule has 28 heavy (non-hydrogen) atoms. The maximum absolute atomic E-state index is 12.2. The molecule has 0 bridgehead atoms. The number of rotatable bonds is 6. The predicted octanol–water partition coefficient (Wildman–Crippen LogP) is 3.98. The molecular weight excluding hydrogens is 444 g/mol. The number of carbonyl (C=O) groups is 1. The number of nitrogens with one attached hydrogen (secondary N) is 1. The lowest BCUT2D eigenvalue weighted by Crippen LogP contribution is -2.17. The largest absolute Gasteiger partial charge is 0.379 e. The molecule has 0 radical (unpaired) electrons. The summed E-state index contributed by atoms with van der Waals surface area (Å²) in [7, 11) is -3.88. The first-order valence-corrected chi connectivity index (χ1v) is 10.3. The molecule has 1 N–H and O–H groups in total. The molecule has 0 saturated heterocycles. The van der Waals surface area contributed by atoms with Crippen LogP contribution in [0.2, 0.25) is 0 Å². The number of halogens is 1. The standard InChI is InChI=1S/C20H15BrN2O4S/c21-17-6-4-5-16(13-17)20(24)23-22-14-15-9-11-18(12-10-15)27-28(25,26)19-7-2-1-3-8-19/h1-14H,(H,23,24). The van der Waals surface area contributed by atoms with Crippen molar-refractivity contribution in [2.45, 2.75) is 4.90 Å². The number of hydrogen-bond donors (Lipinski definition) is 1.